The molecule has 1 unspecified atom stereocenters. The number of ether oxygens (including phenoxy) is 2. The van der Waals surface area contributed by atoms with Crippen molar-refractivity contribution in [3.63, 3.8) is 0 Å². The van der Waals surface area contributed by atoms with Crippen LogP contribution in [0, 0.1) is 13.8 Å². The number of benzene rings is 2. The van der Waals surface area contributed by atoms with Gasteiger partial charge in [-0.05, 0) is 49.6 Å². The molecule has 0 spiro atoms. The molecule has 2 aromatic carbocycles. The third-order valence-corrected chi connectivity index (χ3v) is 6.77. The fraction of sp³-hybridized carbons (Fsp3) is 0.292. The van der Waals surface area contributed by atoms with E-state index in [1.807, 2.05) is 17.4 Å². The number of hydrogen-bond acceptors (Lipinski definition) is 6. The molecule has 2 aromatic heterocycles. The minimum Gasteiger partial charge on any atom is -0.497 e. The van der Waals surface area contributed by atoms with Crippen molar-refractivity contribution in [2.24, 2.45) is 0 Å². The molecule has 8 heteroatoms. The highest BCUT2D eigenvalue weighted by Gasteiger charge is 2.23. The Kier molecular flexibility index (Phi) is 6.23. The zero-order chi connectivity index (χ0) is 22.8. The summed E-state index contributed by atoms with van der Waals surface area (Å²) in [5.74, 6) is 1.08. The van der Waals surface area contributed by atoms with E-state index in [4.69, 9.17) is 9.47 Å². The number of carbonyl (C=O) groups is 1. The van der Waals surface area contributed by atoms with Gasteiger partial charge in [-0.25, -0.2) is 0 Å². The molecule has 166 valence electrons. The van der Waals surface area contributed by atoms with Crippen LogP contribution in [0.3, 0.4) is 0 Å². The summed E-state index contributed by atoms with van der Waals surface area (Å²) in [7, 11) is 3.16. The Labute approximate surface area is 191 Å². The van der Waals surface area contributed by atoms with E-state index in [9.17, 15) is 4.79 Å². The number of anilines is 1. The standard InChI is InChI=1S/C24H26N4O3S/c1-6-20(23(29)25-18-13-16(30-4)10-11-19(18)31-5)32-24-27-26-21-12-15(3)17-9-7-8-14(2)22(17)28(21)24/h7-13,20H,6H2,1-5H3,(H,25,29). The highest BCUT2D eigenvalue weighted by molar-refractivity contribution is 8.00. The zero-order valence-electron chi connectivity index (χ0n) is 18.8. The average Bonchev–Trinajstić information content (AvgIpc) is 3.19. The first-order valence-electron chi connectivity index (χ1n) is 10.4. The Hall–Kier alpha value is -3.26. The lowest BCUT2D eigenvalue weighted by atomic mass is 10.1. The highest BCUT2D eigenvalue weighted by Crippen LogP contribution is 2.33. The number of pyridine rings is 1. The number of nitrogens with one attached hydrogen (secondary N) is 1. The van der Waals surface area contributed by atoms with E-state index in [2.05, 4.69) is 47.6 Å². The topological polar surface area (TPSA) is 77.8 Å². The molecule has 7 nitrogen and oxygen atoms in total. The van der Waals surface area contributed by atoms with Crippen LogP contribution >= 0.6 is 11.8 Å². The van der Waals surface area contributed by atoms with Crippen LogP contribution in [0.5, 0.6) is 11.5 Å². The first-order valence-corrected chi connectivity index (χ1v) is 11.3. The van der Waals surface area contributed by atoms with Gasteiger partial charge < -0.3 is 14.8 Å². The van der Waals surface area contributed by atoms with Crippen LogP contribution in [0.1, 0.15) is 24.5 Å². The van der Waals surface area contributed by atoms with Gasteiger partial charge in [-0.2, -0.15) is 0 Å². The summed E-state index contributed by atoms with van der Waals surface area (Å²) in [6, 6.07) is 13.6. The minimum absolute atomic E-state index is 0.131. The smallest absolute Gasteiger partial charge is 0.238 e. The fourth-order valence-corrected chi connectivity index (χ4v) is 4.75. The molecule has 4 rings (SSSR count). The Morgan fingerprint density at radius 3 is 2.62 bits per heavy atom. The van der Waals surface area contributed by atoms with Crippen LogP contribution in [0.15, 0.2) is 47.6 Å². The molecule has 4 aromatic rings. The van der Waals surface area contributed by atoms with Gasteiger partial charge in [-0.15, -0.1) is 10.2 Å². The van der Waals surface area contributed by atoms with Gasteiger partial charge in [0.05, 0.1) is 30.7 Å². The van der Waals surface area contributed by atoms with E-state index in [0.717, 1.165) is 27.7 Å². The van der Waals surface area contributed by atoms with E-state index in [1.54, 1.807) is 32.4 Å². The maximum absolute atomic E-state index is 13.2. The van der Waals surface area contributed by atoms with Gasteiger partial charge in [0.15, 0.2) is 10.8 Å². The van der Waals surface area contributed by atoms with Crippen molar-refractivity contribution in [1.29, 1.82) is 0 Å². The first kappa shape index (κ1) is 22.0. The number of aryl methyl sites for hydroxylation is 2. The first-order chi connectivity index (χ1) is 15.5. The lowest BCUT2D eigenvalue weighted by molar-refractivity contribution is -0.115. The largest absolute Gasteiger partial charge is 0.497 e. The number of methoxy groups -OCH3 is 2. The summed E-state index contributed by atoms with van der Waals surface area (Å²) in [5, 5.41) is 13.3. The minimum atomic E-state index is -0.362. The highest BCUT2D eigenvalue weighted by atomic mass is 32.2. The van der Waals surface area contributed by atoms with Crippen molar-refractivity contribution in [2.45, 2.75) is 37.6 Å². The molecule has 0 aliphatic carbocycles. The predicted molar refractivity (Wildman–Crippen MR) is 128 cm³/mol. The van der Waals surface area contributed by atoms with Crippen molar-refractivity contribution in [3.8, 4) is 11.5 Å². The number of thioether (sulfide) groups is 1. The molecular formula is C24H26N4O3S. The lowest BCUT2D eigenvalue weighted by Gasteiger charge is -2.17. The summed E-state index contributed by atoms with van der Waals surface area (Å²) in [6.45, 7) is 6.14. The molecule has 0 radical (unpaired) electrons. The summed E-state index contributed by atoms with van der Waals surface area (Å²) in [6.07, 6.45) is 0.625. The average molecular weight is 451 g/mol. The second-order valence-corrected chi connectivity index (χ2v) is 8.71. The van der Waals surface area contributed by atoms with Crippen molar-refractivity contribution in [1.82, 2.24) is 14.6 Å². The van der Waals surface area contributed by atoms with Gasteiger partial charge in [0.25, 0.3) is 0 Å². The predicted octanol–water partition coefficient (Wildman–Crippen LogP) is 5.03. The van der Waals surface area contributed by atoms with Crippen LogP contribution in [0.25, 0.3) is 16.6 Å². The van der Waals surface area contributed by atoms with Crippen LogP contribution in [0.4, 0.5) is 5.69 Å². The third-order valence-electron chi connectivity index (χ3n) is 5.47. The lowest BCUT2D eigenvalue weighted by Crippen LogP contribution is -2.25. The molecule has 0 bridgehead atoms. The molecule has 1 amide bonds. The van der Waals surface area contributed by atoms with Crippen LogP contribution < -0.4 is 14.8 Å². The van der Waals surface area contributed by atoms with Gasteiger partial charge >= 0.3 is 0 Å². The van der Waals surface area contributed by atoms with E-state index >= 15 is 0 Å². The summed E-state index contributed by atoms with van der Waals surface area (Å²) in [5.41, 5.74) is 4.70. The van der Waals surface area contributed by atoms with Crippen LogP contribution in [-0.4, -0.2) is 40.0 Å². The molecule has 1 N–H and O–H groups in total. The number of aromatic nitrogens is 3. The molecule has 0 aliphatic rings. The molecule has 0 fully saturated rings. The fourth-order valence-electron chi connectivity index (χ4n) is 3.78. The number of amides is 1. The number of para-hydroxylation sites is 1. The Bertz CT molecular complexity index is 1300. The van der Waals surface area contributed by atoms with Crippen molar-refractivity contribution < 1.29 is 14.3 Å². The molecule has 1 atom stereocenters. The Morgan fingerprint density at radius 1 is 1.09 bits per heavy atom. The van der Waals surface area contributed by atoms with Crippen LogP contribution in [-0.2, 0) is 4.79 Å². The Balaban J connectivity index is 1.68. The summed E-state index contributed by atoms with van der Waals surface area (Å²) < 4.78 is 12.7. The zero-order valence-corrected chi connectivity index (χ0v) is 19.6. The van der Waals surface area contributed by atoms with Gasteiger partial charge in [0.2, 0.25) is 5.91 Å². The van der Waals surface area contributed by atoms with Gasteiger partial charge in [0.1, 0.15) is 11.5 Å². The summed E-state index contributed by atoms with van der Waals surface area (Å²) in [4.78, 5) is 13.2. The number of hydrogen-bond donors (Lipinski definition) is 1. The second kappa shape index (κ2) is 9.08. The number of nitrogens with zero attached hydrogens (tertiary/aromatic N) is 3. The van der Waals surface area contributed by atoms with Gasteiger partial charge in [-0.1, -0.05) is 36.9 Å². The maximum atomic E-state index is 13.2. The summed E-state index contributed by atoms with van der Waals surface area (Å²) >= 11 is 1.41. The SMILES string of the molecule is CCC(Sc1nnc2cc(C)c3cccc(C)c3n12)C(=O)Nc1cc(OC)ccc1OC. The molecular weight excluding hydrogens is 424 g/mol. The molecule has 0 saturated carbocycles. The Morgan fingerprint density at radius 2 is 1.91 bits per heavy atom. The van der Waals surface area contributed by atoms with Gasteiger partial charge in [0, 0.05) is 11.5 Å². The van der Waals surface area contributed by atoms with E-state index in [-0.39, 0.29) is 11.2 Å². The second-order valence-electron chi connectivity index (χ2n) is 7.54. The number of carbonyl (C=O) groups excluding carboxylic acids is 1. The molecule has 2 heterocycles. The molecule has 0 saturated heterocycles. The van der Waals surface area contributed by atoms with E-state index in [1.165, 1.54) is 11.8 Å². The van der Waals surface area contributed by atoms with Crippen molar-refractivity contribution in [3.05, 3.63) is 53.6 Å². The number of rotatable bonds is 7. The van der Waals surface area contributed by atoms with E-state index in [0.29, 0.717) is 28.8 Å². The normalized spacial score (nSPS) is 12.2. The third kappa shape index (κ3) is 3.98. The van der Waals surface area contributed by atoms with Crippen molar-refractivity contribution >= 4 is 39.9 Å². The quantitative estimate of drug-likeness (QED) is 0.398. The molecule has 0 aliphatic heterocycles. The van der Waals surface area contributed by atoms with Gasteiger partial charge in [-0.3, -0.25) is 9.20 Å². The monoisotopic (exact) mass is 450 g/mol. The van der Waals surface area contributed by atoms with Crippen molar-refractivity contribution in [2.75, 3.05) is 19.5 Å². The molecule has 32 heavy (non-hydrogen) atoms. The maximum Gasteiger partial charge on any atom is 0.238 e. The number of fused-ring (bicyclic) bond motifs is 3. The van der Waals surface area contributed by atoms with E-state index < -0.39 is 0 Å². The van der Waals surface area contributed by atoms with Crippen LogP contribution in [0.2, 0.25) is 0 Å².